The predicted octanol–water partition coefficient (Wildman–Crippen LogP) is 4.32. The highest BCUT2D eigenvalue weighted by Gasteiger charge is 2.21. The lowest BCUT2D eigenvalue weighted by atomic mass is 10.2. The van der Waals surface area contributed by atoms with E-state index in [1.54, 1.807) is 6.26 Å². The summed E-state index contributed by atoms with van der Waals surface area (Å²) in [5.74, 6) is 1.29. The molecule has 0 saturated carbocycles. The second-order valence-corrected chi connectivity index (χ2v) is 9.25. The van der Waals surface area contributed by atoms with E-state index < -0.39 is 0 Å². The molecule has 9 heteroatoms. The minimum absolute atomic E-state index is 0.113. The lowest BCUT2D eigenvalue weighted by Crippen LogP contribution is -2.17. The number of Topliss-reactive ketones (excluding diaryl/α,β-unsaturated/α-hetero) is 1. The van der Waals surface area contributed by atoms with Gasteiger partial charge in [0, 0.05) is 30.1 Å². The van der Waals surface area contributed by atoms with E-state index in [-0.39, 0.29) is 11.9 Å². The molecule has 0 radical (unpaired) electrons. The average Bonchev–Trinajstić information content (AvgIpc) is 3.50. The van der Waals surface area contributed by atoms with Gasteiger partial charge in [-0.1, -0.05) is 23.1 Å². The van der Waals surface area contributed by atoms with Gasteiger partial charge in [-0.25, -0.2) is 0 Å². The first-order valence-electron chi connectivity index (χ1n) is 9.64. The molecule has 29 heavy (non-hydrogen) atoms. The summed E-state index contributed by atoms with van der Waals surface area (Å²) in [6, 6.07) is 5.74. The number of anilines is 1. The SMILES string of the molecule is Cc1cc(C(=O)CSc2nnc(NCc3ccco3)s2)c(C)n1C[C@H]1CCCO1. The van der Waals surface area contributed by atoms with Crippen LogP contribution in [-0.4, -0.2) is 39.0 Å². The Balaban J connectivity index is 1.32. The average molecular weight is 433 g/mol. The quantitative estimate of drug-likeness (QED) is 0.398. The van der Waals surface area contributed by atoms with Gasteiger partial charge in [-0.15, -0.1) is 10.2 Å². The molecule has 1 N–H and O–H groups in total. The largest absolute Gasteiger partial charge is 0.467 e. The molecule has 154 valence electrons. The maximum Gasteiger partial charge on any atom is 0.206 e. The van der Waals surface area contributed by atoms with Crippen LogP contribution in [0, 0.1) is 13.8 Å². The molecule has 0 aromatic carbocycles. The van der Waals surface area contributed by atoms with Crippen LogP contribution in [-0.2, 0) is 17.8 Å². The number of ether oxygens (including phenoxy) is 1. The fourth-order valence-corrected chi connectivity index (χ4v) is 5.11. The van der Waals surface area contributed by atoms with E-state index in [0.717, 1.165) is 53.0 Å². The van der Waals surface area contributed by atoms with Crippen molar-refractivity contribution in [3.63, 3.8) is 0 Å². The van der Waals surface area contributed by atoms with Gasteiger partial charge >= 0.3 is 0 Å². The molecule has 0 amide bonds. The van der Waals surface area contributed by atoms with E-state index in [9.17, 15) is 4.79 Å². The summed E-state index contributed by atoms with van der Waals surface area (Å²) < 4.78 is 14.0. The standard InChI is InChI=1S/C20H24N4O3S2/c1-13-9-17(14(2)24(13)11-16-6-4-8-27-16)18(25)12-28-20-23-22-19(29-20)21-10-15-5-3-7-26-15/h3,5,7,9,16H,4,6,8,10-12H2,1-2H3,(H,21,22)/t16-/m1/s1. The molecule has 1 aliphatic rings. The number of aryl methyl sites for hydroxylation is 1. The van der Waals surface area contributed by atoms with Crippen LogP contribution < -0.4 is 5.32 Å². The van der Waals surface area contributed by atoms with E-state index in [0.29, 0.717) is 17.4 Å². The molecule has 0 bridgehead atoms. The smallest absolute Gasteiger partial charge is 0.206 e. The lowest BCUT2D eigenvalue weighted by Gasteiger charge is -2.14. The second-order valence-electron chi connectivity index (χ2n) is 7.05. The van der Waals surface area contributed by atoms with Gasteiger partial charge in [0.1, 0.15) is 5.76 Å². The molecule has 1 saturated heterocycles. The zero-order valence-electron chi connectivity index (χ0n) is 16.5. The van der Waals surface area contributed by atoms with E-state index >= 15 is 0 Å². The molecule has 0 unspecified atom stereocenters. The zero-order chi connectivity index (χ0) is 20.2. The molecule has 3 aromatic rings. The molecule has 1 aliphatic heterocycles. The number of carbonyl (C=O) groups excluding carboxylic acids is 1. The van der Waals surface area contributed by atoms with Crippen molar-refractivity contribution >= 4 is 34.0 Å². The van der Waals surface area contributed by atoms with Crippen molar-refractivity contribution in [1.82, 2.24) is 14.8 Å². The fourth-order valence-electron chi connectivity index (χ4n) is 3.48. The number of hydrogen-bond donors (Lipinski definition) is 1. The van der Waals surface area contributed by atoms with Crippen molar-refractivity contribution in [3.8, 4) is 0 Å². The first kappa shape index (κ1) is 20.2. The van der Waals surface area contributed by atoms with Crippen molar-refractivity contribution in [2.24, 2.45) is 0 Å². The maximum atomic E-state index is 12.8. The Bertz CT molecular complexity index is 959. The topological polar surface area (TPSA) is 82.2 Å². The first-order valence-corrected chi connectivity index (χ1v) is 11.4. The van der Waals surface area contributed by atoms with Gasteiger partial charge in [-0.3, -0.25) is 4.79 Å². The minimum atomic E-state index is 0.113. The molecule has 1 fully saturated rings. The van der Waals surface area contributed by atoms with Crippen LogP contribution in [0.4, 0.5) is 5.13 Å². The summed E-state index contributed by atoms with van der Waals surface area (Å²) >= 11 is 2.86. The zero-order valence-corrected chi connectivity index (χ0v) is 18.1. The molecular formula is C20H24N4O3S2. The van der Waals surface area contributed by atoms with Gasteiger partial charge in [0.05, 0.1) is 24.7 Å². The predicted molar refractivity (Wildman–Crippen MR) is 114 cm³/mol. The Hall–Kier alpha value is -2.10. The molecule has 1 atom stereocenters. The summed E-state index contributed by atoms with van der Waals surface area (Å²) in [7, 11) is 0. The lowest BCUT2D eigenvalue weighted by molar-refractivity contribution is 0.0957. The van der Waals surface area contributed by atoms with E-state index in [4.69, 9.17) is 9.15 Å². The normalized spacial score (nSPS) is 16.4. The first-order chi connectivity index (χ1) is 14.1. The van der Waals surface area contributed by atoms with Crippen molar-refractivity contribution < 1.29 is 13.9 Å². The number of hydrogen-bond acceptors (Lipinski definition) is 8. The Morgan fingerprint density at radius 3 is 3.07 bits per heavy atom. The Morgan fingerprint density at radius 1 is 1.41 bits per heavy atom. The highest BCUT2D eigenvalue weighted by atomic mass is 32.2. The van der Waals surface area contributed by atoms with E-state index in [2.05, 4.69) is 20.1 Å². The summed E-state index contributed by atoms with van der Waals surface area (Å²) in [5, 5.41) is 12.2. The van der Waals surface area contributed by atoms with E-state index in [1.165, 1.54) is 23.1 Å². The number of nitrogens with one attached hydrogen (secondary N) is 1. The number of rotatable bonds is 9. The maximum absolute atomic E-state index is 12.8. The molecule has 0 aliphatic carbocycles. The number of carbonyl (C=O) groups is 1. The Kier molecular flexibility index (Phi) is 6.37. The molecule has 4 rings (SSSR count). The van der Waals surface area contributed by atoms with Crippen LogP contribution in [0.3, 0.4) is 0 Å². The summed E-state index contributed by atoms with van der Waals surface area (Å²) in [5.41, 5.74) is 2.90. The van der Waals surface area contributed by atoms with Gasteiger partial charge in [0.2, 0.25) is 5.13 Å². The minimum Gasteiger partial charge on any atom is -0.467 e. The molecule has 7 nitrogen and oxygen atoms in total. The molecule has 4 heterocycles. The van der Waals surface area contributed by atoms with Crippen LogP contribution >= 0.6 is 23.1 Å². The van der Waals surface area contributed by atoms with Crippen molar-refractivity contribution in [3.05, 3.63) is 47.2 Å². The van der Waals surface area contributed by atoms with Gasteiger partial charge in [0.25, 0.3) is 0 Å². The number of aromatic nitrogens is 3. The summed E-state index contributed by atoms with van der Waals surface area (Å²) in [4.78, 5) is 12.8. The van der Waals surface area contributed by atoms with Crippen LogP contribution in [0.25, 0.3) is 0 Å². The van der Waals surface area contributed by atoms with Gasteiger partial charge < -0.3 is 19.0 Å². The second kappa shape index (κ2) is 9.15. The van der Waals surface area contributed by atoms with Gasteiger partial charge in [-0.2, -0.15) is 0 Å². The highest BCUT2D eigenvalue weighted by molar-refractivity contribution is 8.01. The van der Waals surface area contributed by atoms with Crippen molar-refractivity contribution in [2.75, 3.05) is 17.7 Å². The molecule has 3 aromatic heterocycles. The fraction of sp³-hybridized carbons (Fsp3) is 0.450. The third kappa shape index (κ3) is 4.91. The highest BCUT2D eigenvalue weighted by Crippen LogP contribution is 2.28. The van der Waals surface area contributed by atoms with Crippen molar-refractivity contribution in [1.29, 1.82) is 0 Å². The van der Waals surface area contributed by atoms with Crippen molar-refractivity contribution in [2.45, 2.75) is 50.2 Å². The summed E-state index contributed by atoms with van der Waals surface area (Å²) in [6.45, 7) is 6.28. The van der Waals surface area contributed by atoms with Gasteiger partial charge in [0.15, 0.2) is 10.1 Å². The van der Waals surface area contributed by atoms with E-state index in [1.807, 2.05) is 32.0 Å². The number of thioether (sulfide) groups is 1. The van der Waals surface area contributed by atoms with Gasteiger partial charge in [-0.05, 0) is 44.9 Å². The number of ketones is 1. The number of furan rings is 1. The molecule has 0 spiro atoms. The number of nitrogens with zero attached hydrogens (tertiary/aromatic N) is 3. The Morgan fingerprint density at radius 2 is 2.31 bits per heavy atom. The van der Waals surface area contributed by atoms with Crippen LogP contribution in [0.15, 0.2) is 33.2 Å². The summed E-state index contributed by atoms with van der Waals surface area (Å²) in [6.07, 6.45) is 4.10. The monoisotopic (exact) mass is 432 g/mol. The third-order valence-electron chi connectivity index (χ3n) is 5.01. The Labute approximate surface area is 177 Å². The van der Waals surface area contributed by atoms with Crippen LogP contribution in [0.5, 0.6) is 0 Å². The molecular weight excluding hydrogens is 408 g/mol. The van der Waals surface area contributed by atoms with Crippen LogP contribution in [0.2, 0.25) is 0 Å². The van der Waals surface area contributed by atoms with Crippen LogP contribution in [0.1, 0.15) is 40.3 Å². The third-order valence-corrected chi connectivity index (χ3v) is 7.03.